The van der Waals surface area contributed by atoms with Crippen LogP contribution in [0.5, 0.6) is 0 Å². The summed E-state index contributed by atoms with van der Waals surface area (Å²) in [5, 5.41) is 0. The van der Waals surface area contributed by atoms with Gasteiger partial charge in [-0.15, -0.1) is 0 Å². The highest BCUT2D eigenvalue weighted by atomic mass is 15.2. The van der Waals surface area contributed by atoms with E-state index in [1.807, 2.05) is 0 Å². The lowest BCUT2D eigenvalue weighted by molar-refractivity contribution is 0.0281. The summed E-state index contributed by atoms with van der Waals surface area (Å²) in [5.41, 5.74) is 1.12. The van der Waals surface area contributed by atoms with Crippen LogP contribution < -0.4 is 0 Å². The third kappa shape index (κ3) is 3.47. The Bertz CT molecular complexity index is 220. The molecule has 1 nitrogen and oxygen atoms in total. The van der Waals surface area contributed by atoms with E-state index in [2.05, 4.69) is 25.7 Å². The van der Waals surface area contributed by atoms with Gasteiger partial charge in [0.05, 0.1) is 0 Å². The molecule has 2 aliphatic rings. The molecule has 0 amide bonds. The van der Waals surface area contributed by atoms with Gasteiger partial charge in [0.15, 0.2) is 0 Å². The van der Waals surface area contributed by atoms with E-state index in [4.69, 9.17) is 0 Å². The van der Waals surface area contributed by atoms with Crippen LogP contribution in [0.3, 0.4) is 0 Å². The van der Waals surface area contributed by atoms with Crippen molar-refractivity contribution in [3.63, 3.8) is 0 Å². The highest BCUT2D eigenvalue weighted by molar-refractivity contribution is 4.90. The Morgan fingerprint density at radius 1 is 0.706 bits per heavy atom. The van der Waals surface area contributed by atoms with Crippen LogP contribution in [0.15, 0.2) is 0 Å². The van der Waals surface area contributed by atoms with Gasteiger partial charge >= 0.3 is 0 Å². The highest BCUT2D eigenvalue weighted by Crippen LogP contribution is 2.43. The van der Waals surface area contributed by atoms with Crippen molar-refractivity contribution in [2.24, 2.45) is 5.41 Å². The lowest BCUT2D eigenvalue weighted by Gasteiger charge is -2.47. The van der Waals surface area contributed by atoms with Crippen LogP contribution in [0, 0.1) is 5.41 Å². The maximum Gasteiger partial charge on any atom is 0.0125 e. The zero-order valence-electron chi connectivity index (χ0n) is 12.2. The fourth-order valence-corrected chi connectivity index (χ4v) is 3.81. The third-order valence-electron chi connectivity index (χ3n) is 5.19. The minimum absolute atomic E-state index is 0.378. The van der Waals surface area contributed by atoms with E-state index < -0.39 is 0 Å². The van der Waals surface area contributed by atoms with Crippen molar-refractivity contribution in [3.05, 3.63) is 0 Å². The van der Waals surface area contributed by atoms with Gasteiger partial charge in [-0.25, -0.2) is 0 Å². The summed E-state index contributed by atoms with van der Waals surface area (Å²) >= 11 is 0. The standard InChI is InChI=1S/C16H31N/c1-15(2,3)17-13-11-16(12-14-17)9-7-5-4-6-8-10-16/h4-14H2,1-3H3. The molecule has 100 valence electrons. The summed E-state index contributed by atoms with van der Waals surface area (Å²) in [6.07, 6.45) is 13.4. The normalized spacial score (nSPS) is 27.7. The van der Waals surface area contributed by atoms with E-state index >= 15 is 0 Å². The Hall–Kier alpha value is -0.0400. The van der Waals surface area contributed by atoms with Crippen molar-refractivity contribution in [1.29, 1.82) is 0 Å². The molecule has 17 heavy (non-hydrogen) atoms. The van der Waals surface area contributed by atoms with Crippen LogP contribution >= 0.6 is 0 Å². The van der Waals surface area contributed by atoms with E-state index in [-0.39, 0.29) is 0 Å². The Kier molecular flexibility index (Phi) is 4.18. The number of hydrogen-bond donors (Lipinski definition) is 0. The topological polar surface area (TPSA) is 3.24 Å². The Morgan fingerprint density at radius 2 is 1.18 bits per heavy atom. The molecule has 0 aromatic rings. The molecule has 0 aromatic heterocycles. The van der Waals surface area contributed by atoms with Crippen LogP contribution in [0.4, 0.5) is 0 Å². The largest absolute Gasteiger partial charge is 0.298 e. The van der Waals surface area contributed by atoms with Crippen molar-refractivity contribution in [2.75, 3.05) is 13.1 Å². The first kappa shape index (κ1) is 13.4. The Labute approximate surface area is 108 Å². The Balaban J connectivity index is 1.91. The molecule has 0 N–H and O–H groups in total. The van der Waals surface area contributed by atoms with Crippen molar-refractivity contribution < 1.29 is 0 Å². The molecule has 1 saturated carbocycles. The number of hydrogen-bond acceptors (Lipinski definition) is 1. The molecule has 0 atom stereocenters. The van der Waals surface area contributed by atoms with Crippen molar-refractivity contribution in [3.8, 4) is 0 Å². The molecular formula is C16H31N. The van der Waals surface area contributed by atoms with Gasteiger partial charge < -0.3 is 0 Å². The third-order valence-corrected chi connectivity index (χ3v) is 5.19. The molecule has 1 heteroatoms. The molecule has 1 spiro atoms. The summed E-state index contributed by atoms with van der Waals surface area (Å²) in [5.74, 6) is 0. The quantitative estimate of drug-likeness (QED) is 0.594. The molecular weight excluding hydrogens is 206 g/mol. The average Bonchev–Trinajstić information content (AvgIpc) is 2.24. The SMILES string of the molecule is CC(C)(C)N1CCC2(CCCCCCC2)CC1. The van der Waals surface area contributed by atoms with Gasteiger partial charge in [0.25, 0.3) is 0 Å². The predicted molar refractivity (Wildman–Crippen MR) is 75.3 cm³/mol. The van der Waals surface area contributed by atoms with E-state index in [1.165, 1.54) is 70.9 Å². The van der Waals surface area contributed by atoms with Crippen molar-refractivity contribution >= 4 is 0 Å². The van der Waals surface area contributed by atoms with Crippen molar-refractivity contribution in [1.82, 2.24) is 4.90 Å². The molecule has 0 bridgehead atoms. The Morgan fingerprint density at radius 3 is 1.65 bits per heavy atom. The molecule has 1 heterocycles. The molecule has 2 rings (SSSR count). The summed E-state index contributed by atoms with van der Waals surface area (Å²) in [4.78, 5) is 2.69. The number of nitrogens with zero attached hydrogens (tertiary/aromatic N) is 1. The van der Waals surface area contributed by atoms with Crippen molar-refractivity contribution in [2.45, 2.75) is 84.1 Å². The molecule has 0 radical (unpaired) electrons. The van der Waals surface area contributed by atoms with Crippen LogP contribution in [0.1, 0.15) is 78.6 Å². The summed E-state index contributed by atoms with van der Waals surface area (Å²) in [6, 6.07) is 0. The molecule has 1 saturated heterocycles. The zero-order chi connectivity index (χ0) is 12.4. The van der Waals surface area contributed by atoms with Gasteiger partial charge in [0.1, 0.15) is 0 Å². The fourth-order valence-electron chi connectivity index (χ4n) is 3.81. The molecule has 0 aromatic carbocycles. The number of rotatable bonds is 0. The minimum atomic E-state index is 0.378. The predicted octanol–water partition coefficient (Wildman–Crippen LogP) is 4.61. The highest BCUT2D eigenvalue weighted by Gasteiger charge is 2.36. The van der Waals surface area contributed by atoms with Crippen LogP contribution in [0.2, 0.25) is 0 Å². The van der Waals surface area contributed by atoms with Gasteiger partial charge in [-0.2, -0.15) is 0 Å². The second-order valence-corrected chi connectivity index (χ2v) is 7.43. The van der Waals surface area contributed by atoms with Gasteiger partial charge in [0, 0.05) is 5.54 Å². The van der Waals surface area contributed by atoms with E-state index in [1.54, 1.807) is 0 Å². The first-order valence-corrected chi connectivity index (χ1v) is 7.77. The number of likely N-dealkylation sites (tertiary alicyclic amines) is 1. The fraction of sp³-hybridized carbons (Fsp3) is 1.00. The first-order chi connectivity index (χ1) is 8.02. The summed E-state index contributed by atoms with van der Waals surface area (Å²) in [6.45, 7) is 9.77. The van der Waals surface area contributed by atoms with E-state index in [0.717, 1.165) is 5.41 Å². The van der Waals surface area contributed by atoms with Gasteiger partial charge in [-0.1, -0.05) is 32.1 Å². The van der Waals surface area contributed by atoms with Crippen LogP contribution in [-0.4, -0.2) is 23.5 Å². The summed E-state index contributed by atoms with van der Waals surface area (Å²) < 4.78 is 0. The van der Waals surface area contributed by atoms with E-state index in [0.29, 0.717) is 5.54 Å². The maximum atomic E-state index is 2.69. The maximum absolute atomic E-state index is 2.69. The van der Waals surface area contributed by atoms with E-state index in [9.17, 15) is 0 Å². The number of piperidine rings is 1. The summed E-state index contributed by atoms with van der Waals surface area (Å²) in [7, 11) is 0. The minimum Gasteiger partial charge on any atom is -0.298 e. The lowest BCUT2D eigenvalue weighted by Crippen LogP contribution is -2.49. The zero-order valence-corrected chi connectivity index (χ0v) is 12.2. The smallest absolute Gasteiger partial charge is 0.0125 e. The molecule has 1 aliphatic carbocycles. The lowest BCUT2D eigenvalue weighted by atomic mass is 9.69. The average molecular weight is 237 g/mol. The second-order valence-electron chi connectivity index (χ2n) is 7.43. The monoisotopic (exact) mass is 237 g/mol. The molecule has 1 aliphatic heterocycles. The van der Waals surface area contributed by atoms with Gasteiger partial charge in [0.2, 0.25) is 0 Å². The van der Waals surface area contributed by atoms with Gasteiger partial charge in [-0.3, -0.25) is 4.90 Å². The molecule has 2 fully saturated rings. The van der Waals surface area contributed by atoms with Crippen LogP contribution in [-0.2, 0) is 0 Å². The second kappa shape index (κ2) is 5.30. The van der Waals surface area contributed by atoms with Gasteiger partial charge in [-0.05, 0) is 65.0 Å². The molecule has 0 unspecified atom stereocenters. The van der Waals surface area contributed by atoms with Crippen LogP contribution in [0.25, 0.3) is 0 Å². The first-order valence-electron chi connectivity index (χ1n) is 7.77.